The molecular weight excluding hydrogens is 348 g/mol. The Hall–Kier alpha value is -4.06. The highest BCUT2D eigenvalue weighted by Crippen LogP contribution is 2.26. The monoisotopic (exact) mass is 366 g/mol. The van der Waals surface area contributed by atoms with E-state index in [1.165, 1.54) is 0 Å². The highest BCUT2D eigenvalue weighted by atomic mass is 14.9. The number of H-pyrrole nitrogens is 2. The topological polar surface area (TPSA) is 109 Å². The number of anilines is 2. The molecule has 4 heterocycles. The van der Waals surface area contributed by atoms with Crippen LogP contribution < -0.4 is 11.5 Å². The maximum atomic E-state index is 5.74. The first-order chi connectivity index (χ1) is 13.7. The minimum atomic E-state index is 0.780. The smallest absolute Gasteiger partial charge is 0.138 e. The molecule has 0 fully saturated rings. The number of aromatic nitrogens is 4. The van der Waals surface area contributed by atoms with Gasteiger partial charge in [-0.15, -0.1) is 0 Å². The summed E-state index contributed by atoms with van der Waals surface area (Å²) < 4.78 is 0. The van der Waals surface area contributed by atoms with E-state index in [-0.39, 0.29) is 0 Å². The first-order valence-corrected chi connectivity index (χ1v) is 8.93. The number of pyridine rings is 2. The van der Waals surface area contributed by atoms with Gasteiger partial charge in [0.05, 0.1) is 0 Å². The summed E-state index contributed by atoms with van der Waals surface area (Å²) in [7, 11) is 0. The van der Waals surface area contributed by atoms with Crippen molar-refractivity contribution >= 4 is 55.2 Å². The predicted octanol–water partition coefficient (Wildman–Crippen LogP) is 4.60. The molecule has 0 atom stereocenters. The average Bonchev–Trinajstić information content (AvgIpc) is 3.26. The Morgan fingerprint density at radius 2 is 1.04 bits per heavy atom. The summed E-state index contributed by atoms with van der Waals surface area (Å²) in [4.78, 5) is 15.0. The number of nitrogens with one attached hydrogen (secondary N) is 2. The standard InChI is InChI=1S/2C11H9N3/c2*12-7-3-4-10-9(6-7)8-2-1-5-13-11(8)14-10/h2*1-6H,12H2,(H,13,14). The molecule has 0 unspecified atom stereocenters. The largest absolute Gasteiger partial charge is 0.399 e. The van der Waals surface area contributed by atoms with Crippen molar-refractivity contribution in [1.29, 1.82) is 0 Å². The number of hydrogen-bond acceptors (Lipinski definition) is 4. The Morgan fingerprint density at radius 1 is 0.571 bits per heavy atom. The molecule has 6 heteroatoms. The van der Waals surface area contributed by atoms with E-state index in [1.54, 1.807) is 12.4 Å². The van der Waals surface area contributed by atoms with Crippen molar-refractivity contribution in [3.63, 3.8) is 0 Å². The van der Waals surface area contributed by atoms with Gasteiger partial charge >= 0.3 is 0 Å². The van der Waals surface area contributed by atoms with Crippen molar-refractivity contribution in [2.45, 2.75) is 0 Å². The van der Waals surface area contributed by atoms with Crippen molar-refractivity contribution in [3.05, 3.63) is 73.1 Å². The van der Waals surface area contributed by atoms with Crippen molar-refractivity contribution in [3.8, 4) is 0 Å². The molecule has 4 aromatic heterocycles. The van der Waals surface area contributed by atoms with Gasteiger partial charge in [0.2, 0.25) is 0 Å². The number of nitrogens with two attached hydrogens (primary N) is 2. The SMILES string of the molecule is Nc1ccc2[nH]c3ncccc3c2c1.Nc1ccc2[nH]c3ncccc3c2c1. The lowest BCUT2D eigenvalue weighted by molar-refractivity contribution is 1.35. The maximum absolute atomic E-state index is 5.74. The van der Waals surface area contributed by atoms with Crippen LogP contribution in [0.25, 0.3) is 43.9 Å². The van der Waals surface area contributed by atoms with Gasteiger partial charge in [-0.05, 0) is 60.7 Å². The molecular formula is C22H18N6. The van der Waals surface area contributed by atoms with E-state index < -0.39 is 0 Å². The van der Waals surface area contributed by atoms with Gasteiger partial charge in [0.1, 0.15) is 11.3 Å². The van der Waals surface area contributed by atoms with E-state index in [0.717, 1.165) is 55.2 Å². The first-order valence-electron chi connectivity index (χ1n) is 8.93. The van der Waals surface area contributed by atoms with Gasteiger partial charge in [0.15, 0.2) is 0 Å². The molecule has 0 radical (unpaired) electrons. The van der Waals surface area contributed by atoms with Gasteiger partial charge in [0.25, 0.3) is 0 Å². The average molecular weight is 366 g/mol. The zero-order chi connectivity index (χ0) is 19.1. The minimum Gasteiger partial charge on any atom is -0.399 e. The van der Waals surface area contributed by atoms with Crippen molar-refractivity contribution in [2.75, 3.05) is 11.5 Å². The second-order valence-corrected chi connectivity index (χ2v) is 6.66. The van der Waals surface area contributed by atoms with E-state index in [1.807, 2.05) is 60.7 Å². The molecule has 0 saturated heterocycles. The van der Waals surface area contributed by atoms with Gasteiger partial charge in [-0.1, -0.05) is 0 Å². The number of nitrogen functional groups attached to an aromatic ring is 2. The van der Waals surface area contributed by atoms with Crippen LogP contribution in [0.2, 0.25) is 0 Å². The number of rotatable bonds is 0. The fourth-order valence-corrected chi connectivity index (χ4v) is 3.49. The van der Waals surface area contributed by atoms with Crippen LogP contribution >= 0.6 is 0 Å². The molecule has 6 rings (SSSR count). The van der Waals surface area contributed by atoms with Gasteiger partial charge < -0.3 is 21.4 Å². The molecule has 0 bridgehead atoms. The lowest BCUT2D eigenvalue weighted by Crippen LogP contribution is -1.81. The van der Waals surface area contributed by atoms with E-state index in [0.29, 0.717) is 0 Å². The van der Waals surface area contributed by atoms with Crippen molar-refractivity contribution in [1.82, 2.24) is 19.9 Å². The summed E-state index contributed by atoms with van der Waals surface area (Å²) in [5.74, 6) is 0. The summed E-state index contributed by atoms with van der Waals surface area (Å²) >= 11 is 0. The third-order valence-electron chi connectivity index (χ3n) is 4.79. The summed E-state index contributed by atoms with van der Waals surface area (Å²) in [5, 5.41) is 4.51. The normalized spacial score (nSPS) is 11.1. The van der Waals surface area contributed by atoms with E-state index in [2.05, 4.69) is 19.9 Å². The molecule has 0 aliphatic carbocycles. The number of hydrogen-bond donors (Lipinski definition) is 4. The molecule has 2 aromatic carbocycles. The van der Waals surface area contributed by atoms with E-state index in [9.17, 15) is 0 Å². The van der Waals surface area contributed by atoms with Crippen LogP contribution in [0.4, 0.5) is 11.4 Å². The summed E-state index contributed by atoms with van der Waals surface area (Å²) in [5.41, 5.74) is 17.0. The van der Waals surface area contributed by atoms with Gasteiger partial charge in [-0.2, -0.15) is 0 Å². The van der Waals surface area contributed by atoms with Crippen LogP contribution in [0, 0.1) is 0 Å². The van der Waals surface area contributed by atoms with Crippen LogP contribution in [0.3, 0.4) is 0 Å². The number of benzene rings is 2. The Balaban J connectivity index is 0.000000122. The molecule has 0 saturated carbocycles. The zero-order valence-electron chi connectivity index (χ0n) is 15.0. The molecule has 0 aliphatic rings. The van der Waals surface area contributed by atoms with Crippen molar-refractivity contribution in [2.24, 2.45) is 0 Å². The molecule has 0 aliphatic heterocycles. The second kappa shape index (κ2) is 6.28. The molecule has 6 N–H and O–H groups in total. The third kappa shape index (κ3) is 2.68. The highest BCUT2D eigenvalue weighted by Gasteiger charge is 2.04. The number of nitrogens with zero attached hydrogens (tertiary/aromatic N) is 2. The lowest BCUT2D eigenvalue weighted by Gasteiger charge is -1.92. The Labute approximate surface area is 160 Å². The van der Waals surface area contributed by atoms with Crippen molar-refractivity contribution < 1.29 is 0 Å². The molecule has 136 valence electrons. The first kappa shape index (κ1) is 16.1. The molecule has 0 spiro atoms. The lowest BCUT2D eigenvalue weighted by atomic mass is 10.2. The molecule has 6 aromatic rings. The van der Waals surface area contributed by atoms with E-state index >= 15 is 0 Å². The van der Waals surface area contributed by atoms with E-state index in [4.69, 9.17) is 11.5 Å². The van der Waals surface area contributed by atoms with Gasteiger partial charge in [-0.25, -0.2) is 9.97 Å². The molecule has 28 heavy (non-hydrogen) atoms. The Kier molecular flexibility index (Phi) is 3.62. The van der Waals surface area contributed by atoms with Crippen LogP contribution in [0.15, 0.2) is 73.1 Å². The summed E-state index contributed by atoms with van der Waals surface area (Å²) in [6.07, 6.45) is 3.56. The zero-order valence-corrected chi connectivity index (χ0v) is 15.0. The minimum absolute atomic E-state index is 0.780. The van der Waals surface area contributed by atoms with Crippen LogP contribution in [-0.2, 0) is 0 Å². The Morgan fingerprint density at radius 3 is 1.50 bits per heavy atom. The predicted molar refractivity (Wildman–Crippen MR) is 116 cm³/mol. The fourth-order valence-electron chi connectivity index (χ4n) is 3.49. The fraction of sp³-hybridized carbons (Fsp3) is 0. The maximum Gasteiger partial charge on any atom is 0.138 e. The van der Waals surface area contributed by atoms with Crippen LogP contribution in [-0.4, -0.2) is 19.9 Å². The quantitative estimate of drug-likeness (QED) is 0.295. The van der Waals surface area contributed by atoms with Crippen LogP contribution in [0.1, 0.15) is 0 Å². The highest BCUT2D eigenvalue weighted by molar-refractivity contribution is 6.07. The summed E-state index contributed by atoms with van der Waals surface area (Å²) in [6.45, 7) is 0. The second-order valence-electron chi connectivity index (χ2n) is 6.66. The number of aromatic amines is 2. The third-order valence-corrected chi connectivity index (χ3v) is 4.79. The van der Waals surface area contributed by atoms with Gasteiger partial charge in [-0.3, -0.25) is 0 Å². The molecule has 0 amide bonds. The summed E-state index contributed by atoms with van der Waals surface area (Å²) in [6, 6.07) is 19.6. The van der Waals surface area contributed by atoms with Crippen LogP contribution in [0.5, 0.6) is 0 Å². The van der Waals surface area contributed by atoms with Gasteiger partial charge in [0, 0.05) is 56.3 Å². The molecule has 6 nitrogen and oxygen atoms in total. The Bertz CT molecular complexity index is 1330. The number of fused-ring (bicyclic) bond motifs is 6.